The molecule has 3 fully saturated rings. The molecule has 0 amide bonds. The third kappa shape index (κ3) is 3.22. The number of esters is 1. The molecule has 3 N–H and O–H groups in total. The maximum absolute atomic E-state index is 13.8. The van der Waals surface area contributed by atoms with Gasteiger partial charge in [0.25, 0.3) is 0 Å². The van der Waals surface area contributed by atoms with Crippen LogP contribution in [0.1, 0.15) is 51.0 Å². The van der Waals surface area contributed by atoms with Crippen molar-refractivity contribution in [2.45, 2.75) is 62.7 Å². The zero-order valence-corrected chi connectivity index (χ0v) is 17.7. The molecule has 1 spiro atoms. The Morgan fingerprint density at radius 3 is 2.81 bits per heavy atom. The standard InChI is InChI=1S/C22H26FN5O4/c1-2-22(11-29)16(32-19(30)13-8-21(9-13)6-4-3-5-7-21)14(10-31-22)28-12-25-15-17(24)26-20(23)27-18(15)28/h1,12-14,16,29H,3-11H2,(H2,24,26,27)/t14?,16-,22+/m0/s1. The summed E-state index contributed by atoms with van der Waals surface area (Å²) in [5.41, 5.74) is 4.88. The Kier molecular flexibility index (Phi) is 5.06. The highest BCUT2D eigenvalue weighted by molar-refractivity contribution is 5.81. The number of imidazole rings is 1. The molecule has 170 valence electrons. The number of ether oxygens (including phenoxy) is 2. The number of terminal acetylenes is 1. The summed E-state index contributed by atoms with van der Waals surface area (Å²) >= 11 is 0. The molecule has 2 aromatic heterocycles. The fourth-order valence-corrected chi connectivity index (χ4v) is 5.66. The highest BCUT2D eigenvalue weighted by Crippen LogP contribution is 2.55. The number of aliphatic hydroxyl groups excluding tert-OH is 1. The van der Waals surface area contributed by atoms with E-state index in [9.17, 15) is 14.3 Å². The predicted molar refractivity (Wildman–Crippen MR) is 111 cm³/mol. The van der Waals surface area contributed by atoms with Gasteiger partial charge < -0.3 is 24.9 Å². The van der Waals surface area contributed by atoms with Crippen molar-refractivity contribution in [3.63, 3.8) is 0 Å². The van der Waals surface area contributed by atoms with E-state index >= 15 is 0 Å². The topological polar surface area (TPSA) is 125 Å². The largest absolute Gasteiger partial charge is 0.456 e. The third-order valence-corrected chi connectivity index (χ3v) is 7.43. The van der Waals surface area contributed by atoms with Gasteiger partial charge in [0.2, 0.25) is 0 Å². The lowest BCUT2D eigenvalue weighted by Crippen LogP contribution is -2.50. The number of hydrogen-bond acceptors (Lipinski definition) is 8. The number of halogens is 1. The lowest BCUT2D eigenvalue weighted by molar-refractivity contribution is -0.172. The number of hydrogen-bond donors (Lipinski definition) is 2. The van der Waals surface area contributed by atoms with Gasteiger partial charge >= 0.3 is 12.0 Å². The van der Waals surface area contributed by atoms with Gasteiger partial charge in [0.15, 0.2) is 23.2 Å². The van der Waals surface area contributed by atoms with Crippen LogP contribution in [-0.2, 0) is 14.3 Å². The van der Waals surface area contributed by atoms with Crippen LogP contribution < -0.4 is 5.73 Å². The predicted octanol–water partition coefficient (Wildman–Crippen LogP) is 1.76. The molecule has 3 atom stereocenters. The highest BCUT2D eigenvalue weighted by atomic mass is 19.1. The zero-order valence-electron chi connectivity index (χ0n) is 17.7. The van der Waals surface area contributed by atoms with Crippen molar-refractivity contribution >= 4 is 23.0 Å². The molecular formula is C22H26FN5O4. The van der Waals surface area contributed by atoms with E-state index in [1.165, 1.54) is 30.2 Å². The Morgan fingerprint density at radius 1 is 1.38 bits per heavy atom. The first-order valence-corrected chi connectivity index (χ1v) is 11.0. The fourth-order valence-electron chi connectivity index (χ4n) is 5.66. The molecule has 9 nitrogen and oxygen atoms in total. The summed E-state index contributed by atoms with van der Waals surface area (Å²) in [6.45, 7) is -0.515. The van der Waals surface area contributed by atoms with Crippen LogP contribution in [0.4, 0.5) is 10.2 Å². The number of nitrogens with zero attached hydrogens (tertiary/aromatic N) is 4. The first-order valence-electron chi connectivity index (χ1n) is 11.0. The number of nitrogen functional groups attached to an aromatic ring is 1. The lowest BCUT2D eigenvalue weighted by Gasteiger charge is -2.49. The lowest BCUT2D eigenvalue weighted by atomic mass is 9.56. The fraction of sp³-hybridized carbons (Fsp3) is 0.636. The SMILES string of the molecule is C#C[C@]1(CO)OCC(n2cnc3c(N)nc(F)nc32)[C@@H]1OC(=O)C1CC2(CCCCC2)C1. The molecule has 1 aliphatic heterocycles. The third-order valence-electron chi connectivity index (χ3n) is 7.43. The Labute approximate surface area is 184 Å². The number of carbonyl (C=O) groups excluding carboxylic acids is 1. The van der Waals surface area contributed by atoms with Crippen LogP contribution in [-0.4, -0.2) is 55.5 Å². The number of rotatable bonds is 4. The van der Waals surface area contributed by atoms with Crippen LogP contribution in [0.15, 0.2) is 6.33 Å². The number of nitrogens with two attached hydrogens (primary N) is 1. The molecule has 0 bridgehead atoms. The van der Waals surface area contributed by atoms with Crippen molar-refractivity contribution in [1.82, 2.24) is 19.5 Å². The van der Waals surface area contributed by atoms with Crippen molar-refractivity contribution < 1.29 is 23.8 Å². The Morgan fingerprint density at radius 2 is 2.12 bits per heavy atom. The van der Waals surface area contributed by atoms with Crippen LogP contribution in [0.2, 0.25) is 0 Å². The van der Waals surface area contributed by atoms with Gasteiger partial charge in [-0.05, 0) is 31.1 Å². The molecule has 0 aromatic carbocycles. The summed E-state index contributed by atoms with van der Waals surface area (Å²) in [4.78, 5) is 24.5. The van der Waals surface area contributed by atoms with Crippen molar-refractivity contribution in [2.75, 3.05) is 18.9 Å². The summed E-state index contributed by atoms with van der Waals surface area (Å²) in [6, 6.07) is -0.662. The Balaban J connectivity index is 1.41. The van der Waals surface area contributed by atoms with Gasteiger partial charge in [0.05, 0.1) is 25.5 Å². The van der Waals surface area contributed by atoms with Crippen molar-refractivity contribution in [3.8, 4) is 12.3 Å². The molecule has 32 heavy (non-hydrogen) atoms. The summed E-state index contributed by atoms with van der Waals surface area (Å²) < 4.78 is 27.0. The number of carbonyl (C=O) groups is 1. The van der Waals surface area contributed by atoms with E-state index in [4.69, 9.17) is 21.6 Å². The maximum Gasteiger partial charge on any atom is 0.312 e. The van der Waals surface area contributed by atoms with Crippen LogP contribution in [0.3, 0.4) is 0 Å². The second-order valence-electron chi connectivity index (χ2n) is 9.30. The molecule has 0 radical (unpaired) electrons. The molecular weight excluding hydrogens is 417 g/mol. The quantitative estimate of drug-likeness (QED) is 0.416. The van der Waals surface area contributed by atoms with Gasteiger partial charge in [-0.3, -0.25) is 4.79 Å². The van der Waals surface area contributed by atoms with E-state index in [1.807, 2.05) is 0 Å². The molecule has 5 rings (SSSR count). The molecule has 2 saturated carbocycles. The Bertz CT molecular complexity index is 1080. The van der Waals surface area contributed by atoms with Crippen molar-refractivity contribution in [2.24, 2.45) is 11.3 Å². The van der Waals surface area contributed by atoms with E-state index in [2.05, 4.69) is 20.9 Å². The van der Waals surface area contributed by atoms with Crippen LogP contribution in [0.25, 0.3) is 11.2 Å². The van der Waals surface area contributed by atoms with Gasteiger partial charge in [-0.2, -0.15) is 14.4 Å². The van der Waals surface area contributed by atoms with Gasteiger partial charge in [0, 0.05) is 0 Å². The summed E-state index contributed by atoms with van der Waals surface area (Å²) in [7, 11) is 0. The van der Waals surface area contributed by atoms with E-state index in [0.29, 0.717) is 0 Å². The molecule has 2 aromatic rings. The maximum atomic E-state index is 13.8. The van der Waals surface area contributed by atoms with Gasteiger partial charge in [-0.15, -0.1) is 6.42 Å². The number of aliphatic hydroxyl groups is 1. The number of aromatic nitrogens is 4. The van der Waals surface area contributed by atoms with E-state index < -0.39 is 30.4 Å². The number of anilines is 1. The summed E-state index contributed by atoms with van der Waals surface area (Å²) in [6.07, 6.45) is 12.7. The van der Waals surface area contributed by atoms with Gasteiger partial charge in [-0.1, -0.05) is 25.2 Å². The van der Waals surface area contributed by atoms with E-state index in [0.717, 1.165) is 25.7 Å². The second-order valence-corrected chi connectivity index (χ2v) is 9.30. The van der Waals surface area contributed by atoms with Crippen molar-refractivity contribution in [1.29, 1.82) is 0 Å². The highest BCUT2D eigenvalue weighted by Gasteiger charge is 2.55. The van der Waals surface area contributed by atoms with E-state index in [-0.39, 0.29) is 40.9 Å². The van der Waals surface area contributed by atoms with Gasteiger partial charge in [0.1, 0.15) is 11.6 Å². The van der Waals surface area contributed by atoms with E-state index in [1.54, 1.807) is 0 Å². The van der Waals surface area contributed by atoms with Crippen molar-refractivity contribution in [3.05, 3.63) is 12.4 Å². The number of fused-ring (bicyclic) bond motifs is 1. The minimum absolute atomic E-state index is 0.0221. The average molecular weight is 443 g/mol. The first-order chi connectivity index (χ1) is 15.4. The van der Waals surface area contributed by atoms with Gasteiger partial charge in [-0.25, -0.2) is 4.98 Å². The summed E-state index contributed by atoms with van der Waals surface area (Å²) in [5, 5.41) is 10.0. The van der Waals surface area contributed by atoms with Crippen LogP contribution in [0, 0.1) is 29.8 Å². The molecule has 2 aliphatic carbocycles. The zero-order chi connectivity index (χ0) is 22.5. The van der Waals surface area contributed by atoms with Crippen LogP contribution in [0.5, 0.6) is 0 Å². The average Bonchev–Trinajstić information content (AvgIpc) is 3.34. The normalized spacial score (nSPS) is 29.7. The monoisotopic (exact) mass is 443 g/mol. The second kappa shape index (κ2) is 7.67. The molecule has 10 heteroatoms. The smallest absolute Gasteiger partial charge is 0.312 e. The molecule has 1 unspecified atom stereocenters. The minimum Gasteiger partial charge on any atom is -0.456 e. The summed E-state index contributed by atoms with van der Waals surface area (Å²) in [5.74, 6) is 1.82. The van der Waals surface area contributed by atoms with Crippen LogP contribution >= 0.6 is 0 Å². The molecule has 3 aliphatic rings. The molecule has 3 heterocycles. The minimum atomic E-state index is -1.51. The molecule has 1 saturated heterocycles. The Hall–Kier alpha value is -2.77. The first kappa shape index (κ1) is 21.1.